The van der Waals surface area contributed by atoms with E-state index in [1.807, 2.05) is 48.9 Å². The molecule has 8 heteroatoms. The van der Waals surface area contributed by atoms with Gasteiger partial charge in [-0.3, -0.25) is 9.59 Å². The van der Waals surface area contributed by atoms with Gasteiger partial charge in [0.05, 0.1) is 17.6 Å². The van der Waals surface area contributed by atoms with Crippen LogP contribution in [0.3, 0.4) is 0 Å². The maximum Gasteiger partial charge on any atom is 0.216 e. The second-order valence-electron chi connectivity index (χ2n) is 6.75. The number of benzene rings is 1. The maximum absolute atomic E-state index is 12.5. The van der Waals surface area contributed by atoms with E-state index in [2.05, 4.69) is 15.5 Å². The first-order valence-electron chi connectivity index (χ1n) is 9.39. The van der Waals surface area contributed by atoms with E-state index < -0.39 is 0 Å². The molecule has 3 aromatic rings. The van der Waals surface area contributed by atoms with Gasteiger partial charge in [0.15, 0.2) is 16.8 Å². The minimum Gasteiger partial charge on any atom is -0.469 e. The van der Waals surface area contributed by atoms with Gasteiger partial charge >= 0.3 is 0 Å². The summed E-state index contributed by atoms with van der Waals surface area (Å²) in [6.45, 7) is 4.05. The quantitative estimate of drug-likeness (QED) is 0.329. The molecule has 0 aliphatic rings. The number of furan rings is 1. The Morgan fingerprint density at radius 1 is 1.17 bits per heavy atom. The number of hydrogen-bond donors (Lipinski definition) is 1. The van der Waals surface area contributed by atoms with Gasteiger partial charge in [-0.1, -0.05) is 36.0 Å². The normalized spacial score (nSPS) is 10.9. The lowest BCUT2D eigenvalue weighted by Crippen LogP contribution is -2.21. The lowest BCUT2D eigenvalue weighted by molar-refractivity contribution is -0.118. The number of Topliss-reactive ketones (excluding diaryl/α,β-unsaturated/α-hetero) is 1. The summed E-state index contributed by atoms with van der Waals surface area (Å²) in [6.07, 6.45) is 3.35. The van der Waals surface area contributed by atoms with Crippen LogP contribution in [0.1, 0.15) is 35.0 Å². The zero-order chi connectivity index (χ0) is 20.8. The predicted octanol–water partition coefficient (Wildman–Crippen LogP) is 3.43. The summed E-state index contributed by atoms with van der Waals surface area (Å²) >= 11 is 1.37. The number of hydrogen-bond acceptors (Lipinski definition) is 6. The molecule has 2 aromatic heterocycles. The molecule has 0 aliphatic carbocycles. The number of amides is 1. The van der Waals surface area contributed by atoms with E-state index in [9.17, 15) is 9.59 Å². The number of carbonyl (C=O) groups is 2. The second-order valence-corrected chi connectivity index (χ2v) is 7.69. The molecule has 0 bridgehead atoms. The fourth-order valence-electron chi connectivity index (χ4n) is 2.92. The van der Waals surface area contributed by atoms with Crippen molar-refractivity contribution in [2.24, 2.45) is 7.05 Å². The topological polar surface area (TPSA) is 90.0 Å². The summed E-state index contributed by atoms with van der Waals surface area (Å²) in [5, 5.41) is 11.9. The van der Waals surface area contributed by atoms with E-state index in [1.165, 1.54) is 18.7 Å². The number of ketones is 1. The van der Waals surface area contributed by atoms with Crippen LogP contribution < -0.4 is 5.32 Å². The van der Waals surface area contributed by atoms with Crippen molar-refractivity contribution in [2.75, 3.05) is 12.3 Å². The van der Waals surface area contributed by atoms with E-state index in [-0.39, 0.29) is 17.4 Å². The van der Waals surface area contributed by atoms with Gasteiger partial charge < -0.3 is 14.3 Å². The van der Waals surface area contributed by atoms with Gasteiger partial charge in [-0.15, -0.1) is 10.2 Å². The number of aryl methyl sites for hydroxylation is 2. The maximum atomic E-state index is 12.5. The highest BCUT2D eigenvalue weighted by atomic mass is 32.2. The largest absolute Gasteiger partial charge is 0.469 e. The highest BCUT2D eigenvalue weighted by Gasteiger charge is 2.16. The van der Waals surface area contributed by atoms with Crippen molar-refractivity contribution in [3.63, 3.8) is 0 Å². The molecule has 1 amide bonds. The molecule has 0 saturated heterocycles. The molecule has 7 nitrogen and oxygen atoms in total. The molecule has 0 spiro atoms. The Kier molecular flexibility index (Phi) is 6.87. The fraction of sp³-hybridized carbons (Fsp3) is 0.333. The van der Waals surface area contributed by atoms with Crippen LogP contribution in [0.2, 0.25) is 0 Å². The number of nitrogens with zero attached hydrogens (tertiary/aromatic N) is 3. The van der Waals surface area contributed by atoms with Gasteiger partial charge in [0.2, 0.25) is 5.91 Å². The van der Waals surface area contributed by atoms with Crippen molar-refractivity contribution >= 4 is 23.5 Å². The highest BCUT2D eigenvalue weighted by Crippen LogP contribution is 2.26. The Bertz CT molecular complexity index is 992. The first-order valence-corrected chi connectivity index (χ1v) is 10.4. The van der Waals surface area contributed by atoms with Crippen molar-refractivity contribution in [3.05, 3.63) is 53.5 Å². The molecule has 1 N–H and O–H groups in total. The van der Waals surface area contributed by atoms with Crippen molar-refractivity contribution in [3.8, 4) is 11.4 Å². The Labute approximate surface area is 173 Å². The summed E-state index contributed by atoms with van der Waals surface area (Å²) in [6, 6.07) is 9.50. The molecule has 0 aliphatic heterocycles. The van der Waals surface area contributed by atoms with Gasteiger partial charge in [0.1, 0.15) is 5.76 Å². The van der Waals surface area contributed by atoms with Crippen LogP contribution in [-0.2, 0) is 18.3 Å². The lowest BCUT2D eigenvalue weighted by Gasteiger charge is -2.05. The predicted molar refractivity (Wildman–Crippen MR) is 112 cm³/mol. The standard InChI is InChI=1S/C21H24N4O3S/c1-14-18(10-12-28-14)20-23-24-21(25(20)3)29-13-19(27)17-8-6-16(7-9-17)5-4-11-22-15(2)26/h6-10,12H,4-5,11,13H2,1-3H3,(H,22,26). The minimum atomic E-state index is -0.0154. The van der Waals surface area contributed by atoms with Crippen LogP contribution in [0, 0.1) is 6.92 Å². The number of rotatable bonds is 9. The zero-order valence-corrected chi connectivity index (χ0v) is 17.6. The van der Waals surface area contributed by atoms with E-state index in [4.69, 9.17) is 4.42 Å². The first kappa shape index (κ1) is 20.9. The van der Waals surface area contributed by atoms with Crippen LogP contribution in [-0.4, -0.2) is 38.8 Å². The summed E-state index contributed by atoms with van der Waals surface area (Å²) in [7, 11) is 1.88. The zero-order valence-electron chi connectivity index (χ0n) is 16.8. The average molecular weight is 413 g/mol. The highest BCUT2D eigenvalue weighted by molar-refractivity contribution is 7.99. The number of carbonyl (C=O) groups excluding carboxylic acids is 2. The molecule has 0 unspecified atom stereocenters. The molecule has 1 aromatic carbocycles. The van der Waals surface area contributed by atoms with E-state index in [0.29, 0.717) is 17.3 Å². The van der Waals surface area contributed by atoms with E-state index >= 15 is 0 Å². The van der Waals surface area contributed by atoms with Crippen LogP contribution >= 0.6 is 11.8 Å². The molecular weight excluding hydrogens is 388 g/mol. The van der Waals surface area contributed by atoms with Crippen molar-refractivity contribution < 1.29 is 14.0 Å². The molecule has 3 rings (SSSR count). The summed E-state index contributed by atoms with van der Waals surface area (Å²) in [4.78, 5) is 23.4. The molecule has 0 saturated carbocycles. The van der Waals surface area contributed by atoms with E-state index in [0.717, 1.165) is 35.6 Å². The smallest absolute Gasteiger partial charge is 0.216 e. The molecule has 0 fully saturated rings. The van der Waals surface area contributed by atoms with Crippen LogP contribution in [0.4, 0.5) is 0 Å². The van der Waals surface area contributed by atoms with E-state index in [1.54, 1.807) is 6.26 Å². The third kappa shape index (κ3) is 5.35. The third-order valence-corrected chi connectivity index (χ3v) is 5.58. The molecular formula is C21H24N4O3S. The summed E-state index contributed by atoms with van der Waals surface area (Å²) < 4.78 is 7.20. The van der Waals surface area contributed by atoms with Gasteiger partial charge in [0.25, 0.3) is 0 Å². The molecule has 152 valence electrons. The molecule has 2 heterocycles. The lowest BCUT2D eigenvalue weighted by atomic mass is 10.1. The Morgan fingerprint density at radius 3 is 2.59 bits per heavy atom. The first-order chi connectivity index (χ1) is 14.0. The molecule has 0 radical (unpaired) electrons. The number of thioether (sulfide) groups is 1. The molecule has 0 atom stereocenters. The average Bonchev–Trinajstić information content (AvgIpc) is 3.28. The van der Waals surface area contributed by atoms with Crippen molar-refractivity contribution in [2.45, 2.75) is 31.8 Å². The van der Waals surface area contributed by atoms with Crippen LogP contribution in [0.25, 0.3) is 11.4 Å². The third-order valence-electron chi connectivity index (χ3n) is 4.56. The summed E-state index contributed by atoms with van der Waals surface area (Å²) in [5.41, 5.74) is 2.72. The van der Waals surface area contributed by atoms with Crippen molar-refractivity contribution in [1.29, 1.82) is 0 Å². The van der Waals surface area contributed by atoms with Gasteiger partial charge in [-0.05, 0) is 31.4 Å². The van der Waals surface area contributed by atoms with Crippen molar-refractivity contribution in [1.82, 2.24) is 20.1 Å². The van der Waals surface area contributed by atoms with Crippen LogP contribution in [0.15, 0.2) is 46.2 Å². The fourth-order valence-corrected chi connectivity index (χ4v) is 3.73. The molecule has 29 heavy (non-hydrogen) atoms. The Hall–Kier alpha value is -2.87. The Balaban J connectivity index is 1.54. The van der Waals surface area contributed by atoms with Gasteiger partial charge in [-0.25, -0.2) is 0 Å². The SMILES string of the molecule is CC(=O)NCCCc1ccc(C(=O)CSc2nnc(-c3ccoc3C)n2C)cc1. The second kappa shape index (κ2) is 9.56. The van der Waals surface area contributed by atoms with Gasteiger partial charge in [-0.2, -0.15) is 0 Å². The summed E-state index contributed by atoms with van der Waals surface area (Å²) in [5.74, 6) is 1.82. The number of aromatic nitrogens is 3. The number of nitrogens with one attached hydrogen (secondary N) is 1. The minimum absolute atomic E-state index is 0.0154. The van der Waals surface area contributed by atoms with Gasteiger partial charge in [0, 0.05) is 26.1 Å². The van der Waals surface area contributed by atoms with Crippen LogP contribution in [0.5, 0.6) is 0 Å². The monoisotopic (exact) mass is 412 g/mol. The Morgan fingerprint density at radius 2 is 1.93 bits per heavy atom.